The van der Waals surface area contributed by atoms with Gasteiger partial charge in [-0.15, -0.1) is 0 Å². The summed E-state index contributed by atoms with van der Waals surface area (Å²) in [5.41, 5.74) is 0. The second-order valence-corrected chi connectivity index (χ2v) is 1.80. The topological polar surface area (TPSA) is 80.9 Å². The molecular weight excluding hydrogens is 272 g/mol. The summed E-state index contributed by atoms with van der Waals surface area (Å²) < 4.78 is 0. The molecule has 7 heteroatoms. The van der Waals surface area contributed by atoms with Gasteiger partial charge in [0.15, 0.2) is 0 Å². The molecule has 0 bridgehead atoms. The summed E-state index contributed by atoms with van der Waals surface area (Å²) in [4.78, 5) is 29.3. The normalized spacial score (nSPS) is 8.57. The third kappa shape index (κ3) is 60.2. The molecule has 0 radical (unpaired) electrons. The zero-order chi connectivity index (χ0) is 4.50. The second-order valence-electron chi connectivity index (χ2n) is 0.600. The van der Waals surface area contributed by atoms with E-state index < -0.39 is 9.05 Å². The van der Waals surface area contributed by atoms with Crippen molar-refractivity contribution in [3.63, 3.8) is 0 Å². The molecule has 0 saturated heterocycles. The first-order valence-corrected chi connectivity index (χ1v) is 2.68. The molecular formula is H5GdNaO4Si. The minimum absolute atomic E-state index is 0. The summed E-state index contributed by atoms with van der Waals surface area (Å²) in [5, 5.41) is 0. The minimum atomic E-state index is -4.61. The van der Waals surface area contributed by atoms with E-state index in [9.17, 15) is 0 Å². The molecule has 0 fully saturated rings. The van der Waals surface area contributed by atoms with Crippen LogP contribution >= 0.6 is 0 Å². The second kappa shape index (κ2) is 6.50. The van der Waals surface area contributed by atoms with Crippen LogP contribution in [0.25, 0.3) is 0 Å². The molecule has 0 aromatic rings. The first-order valence-electron chi connectivity index (χ1n) is 0.894. The van der Waals surface area contributed by atoms with Gasteiger partial charge in [0.25, 0.3) is 0 Å². The molecule has 0 heterocycles. The monoisotopic (exact) mass is 278 g/mol. The Hall–Kier alpha value is 2.38. The molecule has 0 rings (SSSR count). The molecule has 4 nitrogen and oxygen atoms in total. The third-order valence-corrected chi connectivity index (χ3v) is 0. The molecule has 0 amide bonds. The van der Waals surface area contributed by atoms with E-state index in [1.54, 1.807) is 0 Å². The standard InChI is InChI=1S/Gd.Na.H4O4Si.H/c;;1-5(2,3)4;/h;;1-4H;. The van der Waals surface area contributed by atoms with Crippen molar-refractivity contribution >= 4 is 38.6 Å². The fourth-order valence-electron chi connectivity index (χ4n) is 0. The quantitative estimate of drug-likeness (QED) is 0.351. The van der Waals surface area contributed by atoms with Crippen LogP contribution in [0.15, 0.2) is 0 Å². The van der Waals surface area contributed by atoms with Gasteiger partial charge in [0.1, 0.15) is 0 Å². The first-order chi connectivity index (χ1) is 2.00. The fourth-order valence-corrected chi connectivity index (χ4v) is 0. The molecule has 0 aliphatic rings. The van der Waals surface area contributed by atoms with Gasteiger partial charge in [-0.25, -0.2) is 0 Å². The summed E-state index contributed by atoms with van der Waals surface area (Å²) in [6.07, 6.45) is 0. The van der Waals surface area contributed by atoms with Crippen LogP contribution in [0.1, 0.15) is 0 Å². The van der Waals surface area contributed by atoms with Crippen molar-refractivity contribution < 1.29 is 59.1 Å². The van der Waals surface area contributed by atoms with Crippen LogP contribution in [0.3, 0.4) is 0 Å². The van der Waals surface area contributed by atoms with E-state index >= 15 is 0 Å². The molecule has 42 valence electrons. The first kappa shape index (κ1) is 16.2. The molecule has 0 aliphatic carbocycles. The van der Waals surface area contributed by atoms with Crippen LogP contribution in [0.5, 0.6) is 0 Å². The predicted molar refractivity (Wildman–Crippen MR) is 21.8 cm³/mol. The van der Waals surface area contributed by atoms with Gasteiger partial charge >= 0.3 is 38.6 Å². The van der Waals surface area contributed by atoms with Crippen molar-refractivity contribution in [3.8, 4) is 0 Å². The number of rotatable bonds is 0. The molecule has 0 aromatic heterocycles. The van der Waals surface area contributed by atoms with E-state index in [-0.39, 0.29) is 69.5 Å². The average molecular weight is 277 g/mol. The summed E-state index contributed by atoms with van der Waals surface area (Å²) in [6, 6.07) is 0. The predicted octanol–water partition coefficient (Wildman–Crippen LogP) is -3.26. The van der Waals surface area contributed by atoms with Crippen molar-refractivity contribution in [2.24, 2.45) is 0 Å². The fraction of sp³-hybridized carbons (Fsp3) is 0. The Kier molecular flexibility index (Phi) is 15.0. The van der Waals surface area contributed by atoms with Gasteiger partial charge in [-0.1, -0.05) is 0 Å². The van der Waals surface area contributed by atoms with Crippen LogP contribution in [0, 0.1) is 39.9 Å². The number of hydrogen-bond acceptors (Lipinski definition) is 4. The maximum atomic E-state index is 7.33. The van der Waals surface area contributed by atoms with Crippen LogP contribution in [-0.2, 0) is 0 Å². The Morgan fingerprint density at radius 1 is 0.857 bits per heavy atom. The molecule has 0 atom stereocenters. The molecule has 0 saturated carbocycles. The maximum absolute atomic E-state index is 7.33. The van der Waals surface area contributed by atoms with Crippen LogP contribution in [-0.4, -0.2) is 57.8 Å². The van der Waals surface area contributed by atoms with Crippen molar-refractivity contribution in [3.05, 3.63) is 0 Å². The Labute approximate surface area is 96.0 Å². The van der Waals surface area contributed by atoms with Gasteiger partial charge in [0, 0.05) is 39.9 Å². The van der Waals surface area contributed by atoms with Crippen LogP contribution < -0.4 is 0 Å². The zero-order valence-corrected chi connectivity index (χ0v) is 5.91. The Morgan fingerprint density at radius 3 is 0.857 bits per heavy atom. The zero-order valence-electron chi connectivity index (χ0n) is 2.64. The number of hydrogen-bond donors (Lipinski definition) is 4. The molecule has 0 unspecified atom stereocenters. The van der Waals surface area contributed by atoms with Crippen molar-refractivity contribution in [1.82, 2.24) is 0 Å². The van der Waals surface area contributed by atoms with E-state index in [4.69, 9.17) is 19.2 Å². The van der Waals surface area contributed by atoms with Gasteiger partial charge in [-0.3, -0.25) is 0 Å². The summed E-state index contributed by atoms with van der Waals surface area (Å²) in [6.45, 7) is 0. The summed E-state index contributed by atoms with van der Waals surface area (Å²) in [7, 11) is -4.61. The Bertz CT molecular complexity index is 27.2. The van der Waals surface area contributed by atoms with Gasteiger partial charge < -0.3 is 19.2 Å². The van der Waals surface area contributed by atoms with E-state index in [0.29, 0.717) is 0 Å². The van der Waals surface area contributed by atoms with E-state index in [1.807, 2.05) is 0 Å². The average Bonchev–Trinajstić information content (AvgIpc) is 0.722. The summed E-state index contributed by atoms with van der Waals surface area (Å²) in [5.74, 6) is 0. The Balaban J connectivity index is -0.0000000800. The van der Waals surface area contributed by atoms with Gasteiger partial charge in [0.2, 0.25) is 0 Å². The molecule has 0 aliphatic heterocycles. The van der Waals surface area contributed by atoms with Crippen molar-refractivity contribution in [2.75, 3.05) is 0 Å². The van der Waals surface area contributed by atoms with Gasteiger partial charge in [-0.2, -0.15) is 0 Å². The van der Waals surface area contributed by atoms with Crippen molar-refractivity contribution in [1.29, 1.82) is 0 Å². The van der Waals surface area contributed by atoms with Crippen LogP contribution in [0.4, 0.5) is 0 Å². The van der Waals surface area contributed by atoms with E-state index in [2.05, 4.69) is 0 Å². The molecule has 4 N–H and O–H groups in total. The van der Waals surface area contributed by atoms with Gasteiger partial charge in [0.05, 0.1) is 0 Å². The molecule has 7 heavy (non-hydrogen) atoms. The van der Waals surface area contributed by atoms with Crippen LogP contribution in [0.2, 0.25) is 0 Å². The van der Waals surface area contributed by atoms with E-state index in [0.717, 1.165) is 0 Å². The molecule has 0 spiro atoms. The van der Waals surface area contributed by atoms with E-state index in [1.165, 1.54) is 0 Å². The van der Waals surface area contributed by atoms with Gasteiger partial charge in [-0.05, 0) is 0 Å². The molecule has 0 aromatic carbocycles. The third-order valence-electron chi connectivity index (χ3n) is 0. The Morgan fingerprint density at radius 2 is 0.857 bits per heavy atom. The SMILES string of the molecule is O[Si](O)(O)O.[Gd].[NaH]. The summed E-state index contributed by atoms with van der Waals surface area (Å²) >= 11 is 0. The van der Waals surface area contributed by atoms with Crippen molar-refractivity contribution in [2.45, 2.75) is 0 Å².